The molecule has 0 radical (unpaired) electrons. The van der Waals surface area contributed by atoms with E-state index in [4.69, 9.17) is 5.73 Å². The highest BCUT2D eigenvalue weighted by atomic mass is 16.3. The van der Waals surface area contributed by atoms with E-state index in [0.717, 1.165) is 17.5 Å². The maximum atomic E-state index is 9.78. The summed E-state index contributed by atoms with van der Waals surface area (Å²) in [4.78, 5) is 0. The largest absolute Gasteiger partial charge is 0.508 e. The van der Waals surface area contributed by atoms with E-state index in [1.165, 1.54) is 0 Å². The zero-order chi connectivity index (χ0) is 11.6. The number of phenolic OH excluding ortho intramolecular Hbond substituents is 1. The van der Waals surface area contributed by atoms with Gasteiger partial charge in [0.25, 0.3) is 0 Å². The van der Waals surface area contributed by atoms with Gasteiger partial charge in [0.15, 0.2) is 0 Å². The highest BCUT2D eigenvalue weighted by Gasteiger charge is 2.19. The quantitative estimate of drug-likeness (QED) is 0.782. The van der Waals surface area contributed by atoms with E-state index in [9.17, 15) is 5.11 Å². The predicted octanol–water partition coefficient (Wildman–Crippen LogP) is 3.10. The first-order valence-electron chi connectivity index (χ1n) is 5.45. The van der Waals surface area contributed by atoms with Crippen molar-refractivity contribution >= 4 is 0 Å². The molecule has 1 aromatic carbocycles. The molecule has 0 saturated carbocycles. The van der Waals surface area contributed by atoms with Gasteiger partial charge in [-0.3, -0.25) is 0 Å². The number of hydrogen-bond acceptors (Lipinski definition) is 2. The maximum Gasteiger partial charge on any atom is 0.119 e. The van der Waals surface area contributed by atoms with Gasteiger partial charge in [0, 0.05) is 6.04 Å². The molecular weight excluding hydrogens is 186 g/mol. The number of hydrogen-bond donors (Lipinski definition) is 2. The molecule has 84 valence electrons. The van der Waals surface area contributed by atoms with Crippen LogP contribution in [0.5, 0.6) is 5.75 Å². The summed E-state index contributed by atoms with van der Waals surface area (Å²) in [7, 11) is 0. The van der Waals surface area contributed by atoms with Crippen LogP contribution in [0.2, 0.25) is 0 Å². The second kappa shape index (κ2) is 4.23. The summed E-state index contributed by atoms with van der Waals surface area (Å²) in [5, 5.41) is 9.78. The van der Waals surface area contributed by atoms with Gasteiger partial charge < -0.3 is 10.8 Å². The minimum atomic E-state index is -0.0481. The van der Waals surface area contributed by atoms with Crippen LogP contribution in [-0.2, 0) is 5.41 Å². The van der Waals surface area contributed by atoms with Gasteiger partial charge in [-0.25, -0.2) is 0 Å². The second-order valence-corrected chi connectivity index (χ2v) is 5.04. The van der Waals surface area contributed by atoms with Gasteiger partial charge in [-0.2, -0.15) is 0 Å². The van der Waals surface area contributed by atoms with Crippen molar-refractivity contribution < 1.29 is 5.11 Å². The fourth-order valence-corrected chi connectivity index (χ4v) is 1.62. The first-order valence-corrected chi connectivity index (χ1v) is 5.45. The van der Waals surface area contributed by atoms with Crippen LogP contribution in [0.15, 0.2) is 18.2 Å². The fourth-order valence-electron chi connectivity index (χ4n) is 1.62. The number of rotatable bonds is 2. The Morgan fingerprint density at radius 3 is 2.40 bits per heavy atom. The Morgan fingerprint density at radius 2 is 1.93 bits per heavy atom. The average molecular weight is 207 g/mol. The summed E-state index contributed by atoms with van der Waals surface area (Å²) in [5.74, 6) is 0.356. The topological polar surface area (TPSA) is 46.2 Å². The van der Waals surface area contributed by atoms with Gasteiger partial charge in [0.1, 0.15) is 5.75 Å². The van der Waals surface area contributed by atoms with E-state index in [-0.39, 0.29) is 11.5 Å². The summed E-state index contributed by atoms with van der Waals surface area (Å²) >= 11 is 0. The van der Waals surface area contributed by atoms with E-state index >= 15 is 0 Å². The van der Waals surface area contributed by atoms with Gasteiger partial charge in [-0.05, 0) is 29.0 Å². The summed E-state index contributed by atoms with van der Waals surface area (Å²) in [6, 6.07) is 5.72. The van der Waals surface area contributed by atoms with Crippen molar-refractivity contribution in [1.29, 1.82) is 0 Å². The Kier molecular flexibility index (Phi) is 3.40. The molecule has 0 aromatic heterocycles. The molecule has 2 heteroatoms. The molecule has 0 heterocycles. The molecule has 0 aliphatic carbocycles. The molecule has 1 aromatic rings. The molecule has 0 aliphatic heterocycles. The Bertz CT molecular complexity index is 339. The van der Waals surface area contributed by atoms with Gasteiger partial charge in [0.05, 0.1) is 0 Å². The van der Waals surface area contributed by atoms with Crippen molar-refractivity contribution in [3.05, 3.63) is 29.3 Å². The predicted molar refractivity (Wildman–Crippen MR) is 64.0 cm³/mol. The summed E-state index contributed by atoms with van der Waals surface area (Å²) in [6.45, 7) is 8.32. The van der Waals surface area contributed by atoms with Gasteiger partial charge in [-0.15, -0.1) is 0 Å². The normalized spacial score (nSPS) is 13.9. The molecule has 0 amide bonds. The Morgan fingerprint density at radius 1 is 1.33 bits per heavy atom. The molecule has 0 fully saturated rings. The second-order valence-electron chi connectivity index (χ2n) is 5.04. The molecule has 1 atom stereocenters. The van der Waals surface area contributed by atoms with Gasteiger partial charge in [0.2, 0.25) is 0 Å². The van der Waals surface area contributed by atoms with Crippen LogP contribution in [-0.4, -0.2) is 5.11 Å². The minimum absolute atomic E-state index is 0.0481. The van der Waals surface area contributed by atoms with Gasteiger partial charge in [-0.1, -0.05) is 39.8 Å². The van der Waals surface area contributed by atoms with Crippen LogP contribution in [0.25, 0.3) is 0 Å². The molecule has 2 nitrogen and oxygen atoms in total. The SMILES string of the molecule is CCC(N)c1ccc(O)c(C(C)(C)C)c1. The van der Waals surface area contributed by atoms with Crippen molar-refractivity contribution in [2.75, 3.05) is 0 Å². The first kappa shape index (κ1) is 12.1. The van der Waals surface area contributed by atoms with Crippen LogP contribution in [0, 0.1) is 0 Å². The average Bonchev–Trinajstić information content (AvgIpc) is 2.15. The summed E-state index contributed by atoms with van der Waals surface area (Å²) in [6.07, 6.45) is 0.911. The lowest BCUT2D eigenvalue weighted by Crippen LogP contribution is -2.14. The zero-order valence-electron chi connectivity index (χ0n) is 10.0. The molecule has 0 bridgehead atoms. The highest BCUT2D eigenvalue weighted by Crippen LogP contribution is 2.32. The third kappa shape index (κ3) is 2.72. The fraction of sp³-hybridized carbons (Fsp3) is 0.538. The van der Waals surface area contributed by atoms with Gasteiger partial charge >= 0.3 is 0 Å². The Labute approximate surface area is 92.1 Å². The van der Waals surface area contributed by atoms with E-state index in [1.54, 1.807) is 6.07 Å². The Balaban J connectivity index is 3.17. The number of benzene rings is 1. The van der Waals surface area contributed by atoms with E-state index in [2.05, 4.69) is 27.7 Å². The third-order valence-corrected chi connectivity index (χ3v) is 2.70. The van der Waals surface area contributed by atoms with Crippen molar-refractivity contribution in [3.63, 3.8) is 0 Å². The van der Waals surface area contributed by atoms with E-state index in [0.29, 0.717) is 5.75 Å². The zero-order valence-corrected chi connectivity index (χ0v) is 10.0. The summed E-state index contributed by atoms with van der Waals surface area (Å²) in [5.41, 5.74) is 7.99. The lowest BCUT2D eigenvalue weighted by atomic mass is 9.84. The number of nitrogens with two attached hydrogens (primary N) is 1. The van der Waals surface area contributed by atoms with Crippen molar-refractivity contribution in [2.45, 2.75) is 45.6 Å². The smallest absolute Gasteiger partial charge is 0.119 e. The molecule has 3 N–H and O–H groups in total. The van der Waals surface area contributed by atoms with Crippen molar-refractivity contribution in [3.8, 4) is 5.75 Å². The molecule has 1 unspecified atom stereocenters. The molecule has 15 heavy (non-hydrogen) atoms. The monoisotopic (exact) mass is 207 g/mol. The highest BCUT2D eigenvalue weighted by molar-refractivity contribution is 5.41. The Hall–Kier alpha value is -1.02. The molecule has 0 spiro atoms. The molecule has 0 aliphatic rings. The maximum absolute atomic E-state index is 9.78. The van der Waals surface area contributed by atoms with Crippen LogP contribution < -0.4 is 5.73 Å². The van der Waals surface area contributed by atoms with Crippen LogP contribution in [0.1, 0.15) is 51.3 Å². The van der Waals surface area contributed by atoms with E-state index < -0.39 is 0 Å². The molecule has 1 rings (SSSR count). The van der Waals surface area contributed by atoms with E-state index in [1.807, 2.05) is 12.1 Å². The molecular formula is C13H21NO. The summed E-state index contributed by atoms with van der Waals surface area (Å²) < 4.78 is 0. The van der Waals surface area contributed by atoms with Crippen molar-refractivity contribution in [1.82, 2.24) is 0 Å². The standard InChI is InChI=1S/C13H21NO/c1-5-11(14)9-6-7-12(15)10(8-9)13(2,3)4/h6-8,11,15H,5,14H2,1-4H3. The third-order valence-electron chi connectivity index (χ3n) is 2.70. The first-order chi connectivity index (χ1) is 6.86. The molecule has 0 saturated heterocycles. The lowest BCUT2D eigenvalue weighted by molar-refractivity contribution is 0.445. The minimum Gasteiger partial charge on any atom is -0.508 e. The van der Waals surface area contributed by atoms with Crippen LogP contribution in [0.4, 0.5) is 0 Å². The van der Waals surface area contributed by atoms with Crippen LogP contribution in [0.3, 0.4) is 0 Å². The lowest BCUT2D eigenvalue weighted by Gasteiger charge is -2.22. The number of phenols is 1. The number of aromatic hydroxyl groups is 1. The van der Waals surface area contributed by atoms with Crippen molar-refractivity contribution in [2.24, 2.45) is 5.73 Å². The van der Waals surface area contributed by atoms with Crippen LogP contribution >= 0.6 is 0 Å².